The van der Waals surface area contributed by atoms with Crippen LogP contribution in [0, 0.1) is 22.5 Å². The molecule has 0 heterocycles. The molecule has 0 radical (unpaired) electrons. The summed E-state index contributed by atoms with van der Waals surface area (Å²) in [5.74, 6) is 2.27. The fourth-order valence-corrected chi connectivity index (χ4v) is 3.13. The molecule has 108 valence electrons. The number of terminal acetylenes is 1. The highest BCUT2D eigenvalue weighted by Crippen LogP contribution is 2.30. The lowest BCUT2D eigenvalue weighted by Crippen LogP contribution is -2.31. The van der Waals surface area contributed by atoms with E-state index in [9.17, 15) is 18.5 Å². The molecule has 1 aromatic rings. The molecule has 0 bridgehead atoms. The Morgan fingerprint density at radius 1 is 1.50 bits per heavy atom. The molecule has 7 nitrogen and oxygen atoms in total. The van der Waals surface area contributed by atoms with Gasteiger partial charge in [-0.05, 0) is 6.07 Å². The van der Waals surface area contributed by atoms with Gasteiger partial charge in [0.2, 0.25) is 10.0 Å². The number of nitrogens with zero attached hydrogens (tertiary/aromatic N) is 2. The maximum absolute atomic E-state index is 12.4. The predicted molar refractivity (Wildman–Crippen MR) is 72.9 cm³/mol. The zero-order chi connectivity index (χ0) is 15.3. The summed E-state index contributed by atoms with van der Waals surface area (Å²) in [4.78, 5) is 9.83. The first-order valence-electron chi connectivity index (χ1n) is 5.64. The average Bonchev–Trinajstić information content (AvgIpc) is 2.43. The van der Waals surface area contributed by atoms with Crippen LogP contribution in [-0.2, 0) is 10.0 Å². The van der Waals surface area contributed by atoms with Gasteiger partial charge in [-0.2, -0.15) is 4.31 Å². The fourth-order valence-electron chi connectivity index (χ4n) is 1.59. The Bertz CT molecular complexity index is 648. The van der Waals surface area contributed by atoms with Crippen LogP contribution in [0.4, 0.5) is 5.69 Å². The topological polar surface area (TPSA) is 89.8 Å². The van der Waals surface area contributed by atoms with Crippen LogP contribution in [0.15, 0.2) is 23.1 Å². The van der Waals surface area contributed by atoms with Crippen molar-refractivity contribution in [2.75, 3.05) is 20.2 Å². The highest BCUT2D eigenvalue weighted by molar-refractivity contribution is 7.89. The van der Waals surface area contributed by atoms with E-state index < -0.39 is 14.9 Å². The number of rotatable bonds is 6. The molecule has 20 heavy (non-hydrogen) atoms. The molecule has 0 aliphatic heterocycles. The van der Waals surface area contributed by atoms with Crippen molar-refractivity contribution in [3.8, 4) is 18.1 Å². The van der Waals surface area contributed by atoms with E-state index in [2.05, 4.69) is 5.92 Å². The van der Waals surface area contributed by atoms with Crippen molar-refractivity contribution in [3.63, 3.8) is 0 Å². The summed E-state index contributed by atoms with van der Waals surface area (Å²) in [5.41, 5.74) is -0.332. The average molecular weight is 298 g/mol. The van der Waals surface area contributed by atoms with Crippen molar-refractivity contribution >= 4 is 15.7 Å². The van der Waals surface area contributed by atoms with E-state index in [0.29, 0.717) is 0 Å². The molecule has 0 saturated carbocycles. The summed E-state index contributed by atoms with van der Waals surface area (Å²) in [6, 6.07) is 3.39. The largest absolute Gasteiger partial charge is 0.495 e. The number of non-ortho nitro benzene ring substituents is 1. The zero-order valence-electron chi connectivity index (χ0n) is 11.1. The Labute approximate surface area is 117 Å². The maximum Gasteiger partial charge on any atom is 0.271 e. The monoisotopic (exact) mass is 298 g/mol. The second-order valence-corrected chi connectivity index (χ2v) is 5.63. The number of hydrogen-bond donors (Lipinski definition) is 0. The number of nitro groups is 1. The van der Waals surface area contributed by atoms with Crippen LogP contribution in [0.2, 0.25) is 0 Å². The Morgan fingerprint density at radius 3 is 2.60 bits per heavy atom. The zero-order valence-corrected chi connectivity index (χ0v) is 11.9. The molecule has 1 aromatic carbocycles. The normalized spacial score (nSPS) is 11.1. The molecule has 8 heteroatoms. The molecule has 0 N–H and O–H groups in total. The van der Waals surface area contributed by atoms with Gasteiger partial charge in [0.15, 0.2) is 0 Å². The molecule has 0 unspecified atom stereocenters. The molecular formula is C12H14N2O5S. The number of sulfonamides is 1. The lowest BCUT2D eigenvalue weighted by atomic mass is 10.3. The van der Waals surface area contributed by atoms with Gasteiger partial charge in [0, 0.05) is 18.7 Å². The van der Waals surface area contributed by atoms with Crippen molar-refractivity contribution in [1.82, 2.24) is 4.31 Å². The van der Waals surface area contributed by atoms with E-state index in [1.807, 2.05) is 0 Å². The van der Waals surface area contributed by atoms with Crippen LogP contribution in [-0.4, -0.2) is 37.8 Å². The van der Waals surface area contributed by atoms with Gasteiger partial charge in [0.25, 0.3) is 5.69 Å². The summed E-state index contributed by atoms with van der Waals surface area (Å²) in [6.07, 6.45) is 5.13. The Kier molecular flexibility index (Phi) is 5.07. The standard InChI is InChI=1S/C12H14N2O5S/c1-4-8-13(5-2)20(17,18)12-9-10(14(15)16)6-7-11(12)19-3/h1,6-7,9H,5,8H2,2-3H3. The van der Waals surface area contributed by atoms with Crippen molar-refractivity contribution in [3.05, 3.63) is 28.3 Å². The number of nitro benzene ring substituents is 1. The lowest BCUT2D eigenvalue weighted by molar-refractivity contribution is -0.385. The van der Waals surface area contributed by atoms with E-state index in [4.69, 9.17) is 11.2 Å². The van der Waals surface area contributed by atoms with Crippen molar-refractivity contribution in [1.29, 1.82) is 0 Å². The van der Waals surface area contributed by atoms with Crippen LogP contribution in [0.3, 0.4) is 0 Å². The molecule has 0 atom stereocenters. The highest BCUT2D eigenvalue weighted by Gasteiger charge is 2.28. The Balaban J connectivity index is 3.46. The van der Waals surface area contributed by atoms with Gasteiger partial charge < -0.3 is 4.74 Å². The van der Waals surface area contributed by atoms with E-state index in [-0.39, 0.29) is 29.4 Å². The summed E-state index contributed by atoms with van der Waals surface area (Å²) in [7, 11) is -2.66. The lowest BCUT2D eigenvalue weighted by Gasteiger charge is -2.19. The third-order valence-corrected chi connectivity index (χ3v) is 4.54. The third-order valence-electron chi connectivity index (χ3n) is 2.60. The number of benzene rings is 1. The minimum atomic E-state index is -3.95. The number of ether oxygens (including phenoxy) is 1. The number of hydrogen-bond acceptors (Lipinski definition) is 5. The molecule has 0 fully saturated rings. The molecular weight excluding hydrogens is 284 g/mol. The minimum absolute atomic E-state index is 0.0334. The van der Waals surface area contributed by atoms with E-state index in [0.717, 1.165) is 10.4 Å². The second kappa shape index (κ2) is 6.36. The van der Waals surface area contributed by atoms with E-state index >= 15 is 0 Å². The molecule has 0 aromatic heterocycles. The molecule has 0 amide bonds. The molecule has 0 spiro atoms. The van der Waals surface area contributed by atoms with Gasteiger partial charge in [0.05, 0.1) is 18.6 Å². The SMILES string of the molecule is C#CCN(CC)S(=O)(=O)c1cc([N+](=O)[O-])ccc1OC. The summed E-state index contributed by atoms with van der Waals surface area (Å²) in [6.45, 7) is 1.65. The van der Waals surface area contributed by atoms with Gasteiger partial charge in [0.1, 0.15) is 10.6 Å². The maximum atomic E-state index is 12.4. The molecule has 0 aliphatic carbocycles. The summed E-state index contributed by atoms with van der Waals surface area (Å²) in [5, 5.41) is 10.8. The Morgan fingerprint density at radius 2 is 2.15 bits per heavy atom. The second-order valence-electron chi connectivity index (χ2n) is 3.73. The third kappa shape index (κ3) is 3.07. The van der Waals surface area contributed by atoms with E-state index in [1.165, 1.54) is 19.2 Å². The molecule has 0 saturated heterocycles. The van der Waals surface area contributed by atoms with Gasteiger partial charge in [-0.3, -0.25) is 10.1 Å². The van der Waals surface area contributed by atoms with Crippen molar-refractivity contribution in [2.45, 2.75) is 11.8 Å². The predicted octanol–water partition coefficient (Wildman–Crippen LogP) is 1.25. The van der Waals surface area contributed by atoms with Crippen LogP contribution < -0.4 is 4.74 Å². The van der Waals surface area contributed by atoms with Crippen LogP contribution in [0.1, 0.15) is 6.92 Å². The van der Waals surface area contributed by atoms with E-state index in [1.54, 1.807) is 6.92 Å². The first kappa shape index (κ1) is 15.9. The quantitative estimate of drug-likeness (QED) is 0.448. The minimum Gasteiger partial charge on any atom is -0.495 e. The van der Waals surface area contributed by atoms with Gasteiger partial charge in [-0.1, -0.05) is 12.8 Å². The molecule has 0 aliphatic rings. The fraction of sp³-hybridized carbons (Fsp3) is 0.333. The highest BCUT2D eigenvalue weighted by atomic mass is 32.2. The summed E-state index contributed by atoms with van der Waals surface area (Å²) < 4.78 is 30.9. The van der Waals surface area contributed by atoms with Crippen molar-refractivity contribution in [2.24, 2.45) is 0 Å². The van der Waals surface area contributed by atoms with Gasteiger partial charge >= 0.3 is 0 Å². The summed E-state index contributed by atoms with van der Waals surface area (Å²) >= 11 is 0. The van der Waals surface area contributed by atoms with Crippen LogP contribution in [0.5, 0.6) is 5.75 Å². The Hall–Kier alpha value is -2.11. The van der Waals surface area contributed by atoms with Gasteiger partial charge in [-0.25, -0.2) is 8.42 Å². The van der Waals surface area contributed by atoms with Crippen molar-refractivity contribution < 1.29 is 18.1 Å². The first-order valence-corrected chi connectivity index (χ1v) is 7.08. The number of methoxy groups -OCH3 is 1. The first-order chi connectivity index (χ1) is 9.38. The smallest absolute Gasteiger partial charge is 0.271 e. The van der Waals surface area contributed by atoms with Crippen LogP contribution >= 0.6 is 0 Å². The van der Waals surface area contributed by atoms with Crippen LogP contribution in [0.25, 0.3) is 0 Å². The van der Waals surface area contributed by atoms with Gasteiger partial charge in [-0.15, -0.1) is 6.42 Å². The molecule has 1 rings (SSSR count).